The molecule has 0 radical (unpaired) electrons. The number of hydrogen-bond donors (Lipinski definition) is 1. The molecule has 1 aliphatic heterocycles. The molecule has 0 aliphatic carbocycles. The van der Waals surface area contributed by atoms with Gasteiger partial charge in [-0.05, 0) is 43.7 Å². The first-order valence-electron chi connectivity index (χ1n) is 6.84. The second-order valence-corrected chi connectivity index (χ2v) is 5.42. The van der Waals surface area contributed by atoms with Crippen molar-refractivity contribution < 1.29 is 4.79 Å². The van der Waals surface area contributed by atoms with E-state index in [1.807, 2.05) is 55.2 Å². The van der Waals surface area contributed by atoms with Crippen LogP contribution in [0.1, 0.15) is 23.2 Å². The summed E-state index contributed by atoms with van der Waals surface area (Å²) in [5.74, 6) is 0.0963. The molecule has 0 aromatic heterocycles. The topological polar surface area (TPSA) is 35.6 Å². The summed E-state index contributed by atoms with van der Waals surface area (Å²) < 4.78 is 0. The zero-order valence-electron chi connectivity index (χ0n) is 12.0. The first-order chi connectivity index (χ1) is 9.08. The van der Waals surface area contributed by atoms with Crippen molar-refractivity contribution in [3.05, 3.63) is 29.8 Å². The highest BCUT2D eigenvalue weighted by Crippen LogP contribution is 2.14. The lowest BCUT2D eigenvalue weighted by Gasteiger charge is -2.22. The molecule has 1 atom stereocenters. The third-order valence-corrected chi connectivity index (χ3v) is 3.63. The Balaban J connectivity index is 1.97. The van der Waals surface area contributed by atoms with Crippen molar-refractivity contribution in [2.75, 3.05) is 39.1 Å². The van der Waals surface area contributed by atoms with Crippen LogP contribution in [0.4, 0.5) is 5.69 Å². The highest BCUT2D eigenvalue weighted by atomic mass is 16.2. The van der Waals surface area contributed by atoms with E-state index in [1.165, 1.54) is 6.42 Å². The van der Waals surface area contributed by atoms with Gasteiger partial charge >= 0.3 is 0 Å². The lowest BCUT2D eigenvalue weighted by atomic mass is 10.1. The van der Waals surface area contributed by atoms with E-state index in [0.29, 0.717) is 6.04 Å². The second kappa shape index (κ2) is 6.06. The number of anilines is 1. The van der Waals surface area contributed by atoms with Gasteiger partial charge in [-0.2, -0.15) is 0 Å². The Kier molecular flexibility index (Phi) is 4.43. The Bertz CT molecular complexity index is 422. The van der Waals surface area contributed by atoms with E-state index in [2.05, 4.69) is 5.32 Å². The first-order valence-corrected chi connectivity index (χ1v) is 6.84. The van der Waals surface area contributed by atoms with Crippen molar-refractivity contribution in [2.24, 2.45) is 0 Å². The lowest BCUT2D eigenvalue weighted by Crippen LogP contribution is -2.38. The SMILES string of the molecule is CN(CC1CCCN1)C(=O)c1ccc(N(C)C)cc1. The van der Waals surface area contributed by atoms with E-state index in [9.17, 15) is 4.79 Å². The summed E-state index contributed by atoms with van der Waals surface area (Å²) in [6.45, 7) is 1.86. The molecule has 4 heteroatoms. The molecule has 4 nitrogen and oxygen atoms in total. The predicted molar refractivity (Wildman–Crippen MR) is 78.8 cm³/mol. The number of amides is 1. The van der Waals surface area contributed by atoms with Crippen LogP contribution in [0.2, 0.25) is 0 Å². The number of hydrogen-bond acceptors (Lipinski definition) is 3. The maximum absolute atomic E-state index is 12.3. The van der Waals surface area contributed by atoms with Crippen molar-refractivity contribution in [3.8, 4) is 0 Å². The Labute approximate surface area is 115 Å². The van der Waals surface area contributed by atoms with Crippen molar-refractivity contribution in [1.82, 2.24) is 10.2 Å². The molecular formula is C15H23N3O. The fourth-order valence-corrected chi connectivity index (χ4v) is 2.45. The minimum Gasteiger partial charge on any atom is -0.378 e. The summed E-state index contributed by atoms with van der Waals surface area (Å²) in [6, 6.07) is 8.21. The van der Waals surface area contributed by atoms with Crippen LogP contribution >= 0.6 is 0 Å². The molecule has 0 saturated carbocycles. The van der Waals surface area contributed by atoms with Crippen molar-refractivity contribution in [3.63, 3.8) is 0 Å². The molecule has 0 spiro atoms. The van der Waals surface area contributed by atoms with Crippen LogP contribution in [-0.4, -0.2) is 51.1 Å². The van der Waals surface area contributed by atoms with Gasteiger partial charge in [-0.15, -0.1) is 0 Å². The molecule has 1 aromatic rings. The molecule has 0 bridgehead atoms. The van der Waals surface area contributed by atoms with Gasteiger partial charge < -0.3 is 15.1 Å². The molecule has 1 aliphatic rings. The summed E-state index contributed by atoms with van der Waals surface area (Å²) in [5.41, 5.74) is 1.86. The molecule has 1 heterocycles. The number of rotatable bonds is 4. The minimum absolute atomic E-state index is 0.0963. The number of carbonyl (C=O) groups excluding carboxylic acids is 1. The summed E-state index contributed by atoms with van der Waals surface area (Å²) in [5, 5.41) is 3.42. The van der Waals surface area contributed by atoms with Gasteiger partial charge in [-0.25, -0.2) is 0 Å². The highest BCUT2D eigenvalue weighted by Gasteiger charge is 2.19. The number of nitrogens with zero attached hydrogens (tertiary/aromatic N) is 2. The molecule has 1 fully saturated rings. The van der Waals surface area contributed by atoms with E-state index in [-0.39, 0.29) is 5.91 Å². The van der Waals surface area contributed by atoms with Crippen LogP contribution in [0.3, 0.4) is 0 Å². The van der Waals surface area contributed by atoms with E-state index < -0.39 is 0 Å². The summed E-state index contributed by atoms with van der Waals surface area (Å²) >= 11 is 0. The average molecular weight is 261 g/mol. The number of carbonyl (C=O) groups is 1. The van der Waals surface area contributed by atoms with Gasteiger partial charge in [0.25, 0.3) is 5.91 Å². The van der Waals surface area contributed by atoms with E-state index in [4.69, 9.17) is 0 Å². The maximum atomic E-state index is 12.3. The molecule has 1 aromatic carbocycles. The van der Waals surface area contributed by atoms with E-state index in [1.54, 1.807) is 0 Å². The Morgan fingerprint density at radius 3 is 2.47 bits per heavy atom. The minimum atomic E-state index is 0.0963. The van der Waals surface area contributed by atoms with Crippen LogP contribution in [0.15, 0.2) is 24.3 Å². The standard InChI is InChI=1S/C15H23N3O/c1-17(2)14-8-6-12(7-9-14)15(19)18(3)11-13-5-4-10-16-13/h6-9,13,16H,4-5,10-11H2,1-3H3. The normalized spacial score (nSPS) is 18.4. The Morgan fingerprint density at radius 2 is 1.95 bits per heavy atom. The molecule has 104 valence electrons. The second-order valence-electron chi connectivity index (χ2n) is 5.42. The fourth-order valence-electron chi connectivity index (χ4n) is 2.45. The van der Waals surface area contributed by atoms with Crippen LogP contribution in [0.5, 0.6) is 0 Å². The molecular weight excluding hydrogens is 238 g/mol. The molecule has 1 unspecified atom stereocenters. The monoisotopic (exact) mass is 261 g/mol. The number of benzene rings is 1. The summed E-state index contributed by atoms with van der Waals surface area (Å²) in [4.78, 5) is 16.1. The molecule has 19 heavy (non-hydrogen) atoms. The Morgan fingerprint density at radius 1 is 1.26 bits per heavy atom. The van der Waals surface area contributed by atoms with Crippen LogP contribution in [0, 0.1) is 0 Å². The molecule has 1 saturated heterocycles. The smallest absolute Gasteiger partial charge is 0.253 e. The van der Waals surface area contributed by atoms with Gasteiger partial charge in [-0.1, -0.05) is 0 Å². The van der Waals surface area contributed by atoms with E-state index >= 15 is 0 Å². The predicted octanol–water partition coefficient (Wildman–Crippen LogP) is 1.58. The van der Waals surface area contributed by atoms with Crippen LogP contribution < -0.4 is 10.2 Å². The van der Waals surface area contributed by atoms with Crippen LogP contribution in [0.25, 0.3) is 0 Å². The van der Waals surface area contributed by atoms with Gasteiger partial charge in [0.15, 0.2) is 0 Å². The third kappa shape index (κ3) is 3.47. The molecule has 1 amide bonds. The van der Waals surface area contributed by atoms with E-state index in [0.717, 1.165) is 30.8 Å². The van der Waals surface area contributed by atoms with Gasteiger partial charge in [0.1, 0.15) is 0 Å². The largest absolute Gasteiger partial charge is 0.378 e. The van der Waals surface area contributed by atoms with Crippen molar-refractivity contribution in [1.29, 1.82) is 0 Å². The summed E-state index contributed by atoms with van der Waals surface area (Å²) in [6.07, 6.45) is 2.38. The quantitative estimate of drug-likeness (QED) is 0.894. The average Bonchev–Trinajstić information content (AvgIpc) is 2.90. The third-order valence-electron chi connectivity index (χ3n) is 3.63. The first kappa shape index (κ1) is 13.9. The zero-order chi connectivity index (χ0) is 13.8. The Hall–Kier alpha value is -1.55. The zero-order valence-corrected chi connectivity index (χ0v) is 12.0. The fraction of sp³-hybridized carbons (Fsp3) is 0.533. The highest BCUT2D eigenvalue weighted by molar-refractivity contribution is 5.94. The molecule has 1 N–H and O–H groups in total. The van der Waals surface area contributed by atoms with Crippen molar-refractivity contribution >= 4 is 11.6 Å². The van der Waals surface area contributed by atoms with Gasteiger partial charge in [0.05, 0.1) is 0 Å². The molecule has 2 rings (SSSR count). The summed E-state index contributed by atoms with van der Waals surface area (Å²) in [7, 11) is 5.87. The van der Waals surface area contributed by atoms with Crippen molar-refractivity contribution in [2.45, 2.75) is 18.9 Å². The van der Waals surface area contributed by atoms with Gasteiger partial charge in [0, 0.05) is 45.0 Å². The van der Waals surface area contributed by atoms with Gasteiger partial charge in [-0.3, -0.25) is 4.79 Å². The van der Waals surface area contributed by atoms with Gasteiger partial charge in [0.2, 0.25) is 0 Å². The number of likely N-dealkylation sites (N-methyl/N-ethyl adjacent to an activating group) is 1. The number of nitrogens with one attached hydrogen (secondary N) is 1. The lowest BCUT2D eigenvalue weighted by molar-refractivity contribution is 0.0784. The van der Waals surface area contributed by atoms with Crippen LogP contribution in [-0.2, 0) is 0 Å². The maximum Gasteiger partial charge on any atom is 0.253 e.